The van der Waals surface area contributed by atoms with Crippen molar-refractivity contribution in [3.05, 3.63) is 53.6 Å². The number of hydrogen-bond donors (Lipinski definition) is 1. The zero-order valence-electron chi connectivity index (χ0n) is 15.3. The normalized spacial score (nSPS) is 11.8. The summed E-state index contributed by atoms with van der Waals surface area (Å²) in [5.74, 6) is 1.83. The van der Waals surface area contributed by atoms with Gasteiger partial charge in [0.2, 0.25) is 0 Å². The molecular weight excluding hydrogens is 318 g/mol. The van der Waals surface area contributed by atoms with Gasteiger partial charge in [-0.2, -0.15) is 0 Å². The third-order valence-corrected chi connectivity index (χ3v) is 3.73. The van der Waals surface area contributed by atoms with Crippen molar-refractivity contribution in [3.8, 4) is 17.2 Å². The molecule has 0 radical (unpaired) electrons. The Labute approximate surface area is 148 Å². The molecule has 2 aromatic carbocycles. The molecule has 2 aromatic rings. The first-order valence-corrected chi connectivity index (χ1v) is 8.24. The first-order chi connectivity index (χ1) is 11.9. The van der Waals surface area contributed by atoms with Crippen LogP contribution >= 0.6 is 0 Å². The Kier molecular flexibility index (Phi) is 6.28. The van der Waals surface area contributed by atoms with Crippen LogP contribution in [0.4, 0.5) is 0 Å². The second kappa shape index (κ2) is 8.42. The Balaban J connectivity index is 2.14. The molecule has 134 valence electrons. The summed E-state index contributed by atoms with van der Waals surface area (Å²) in [7, 11) is 3.18. The lowest BCUT2D eigenvalue weighted by Crippen LogP contribution is -2.26. The van der Waals surface area contributed by atoms with E-state index >= 15 is 0 Å². The Hall–Kier alpha value is -2.69. The summed E-state index contributed by atoms with van der Waals surface area (Å²) < 4.78 is 16.3. The molecule has 0 heterocycles. The monoisotopic (exact) mass is 343 g/mol. The number of carbonyl (C=O) groups excluding carboxylic acids is 1. The number of methoxy groups -OCH3 is 2. The SMILES string of the molecule is COc1cccc(C(=O)NC(C)c2ccc(OC(C)C)c(OC)c2)c1. The molecule has 0 aliphatic rings. The average Bonchev–Trinajstić information content (AvgIpc) is 2.61. The average molecular weight is 343 g/mol. The molecule has 1 atom stereocenters. The predicted octanol–water partition coefficient (Wildman–Crippen LogP) is 3.98. The Morgan fingerprint density at radius 1 is 0.960 bits per heavy atom. The van der Waals surface area contributed by atoms with Gasteiger partial charge < -0.3 is 19.5 Å². The van der Waals surface area contributed by atoms with Gasteiger partial charge in [-0.3, -0.25) is 4.79 Å². The van der Waals surface area contributed by atoms with E-state index in [1.165, 1.54) is 0 Å². The highest BCUT2D eigenvalue weighted by Crippen LogP contribution is 2.31. The smallest absolute Gasteiger partial charge is 0.251 e. The Morgan fingerprint density at radius 2 is 1.72 bits per heavy atom. The van der Waals surface area contributed by atoms with Crippen molar-refractivity contribution in [2.75, 3.05) is 14.2 Å². The van der Waals surface area contributed by atoms with Gasteiger partial charge in [-0.15, -0.1) is 0 Å². The molecule has 5 nitrogen and oxygen atoms in total. The quantitative estimate of drug-likeness (QED) is 0.826. The van der Waals surface area contributed by atoms with E-state index in [2.05, 4.69) is 5.32 Å². The fourth-order valence-corrected chi connectivity index (χ4v) is 2.43. The minimum absolute atomic E-state index is 0.0601. The highest BCUT2D eigenvalue weighted by Gasteiger charge is 2.15. The summed E-state index contributed by atoms with van der Waals surface area (Å²) in [5, 5.41) is 2.98. The molecule has 5 heteroatoms. The summed E-state index contributed by atoms with van der Waals surface area (Å²) in [4.78, 5) is 12.4. The van der Waals surface area contributed by atoms with Gasteiger partial charge in [0.15, 0.2) is 11.5 Å². The van der Waals surface area contributed by atoms with Gasteiger partial charge in [-0.05, 0) is 56.7 Å². The molecule has 1 unspecified atom stereocenters. The first-order valence-electron chi connectivity index (χ1n) is 8.24. The molecule has 25 heavy (non-hydrogen) atoms. The van der Waals surface area contributed by atoms with E-state index in [-0.39, 0.29) is 18.1 Å². The molecule has 0 fully saturated rings. The Morgan fingerprint density at radius 3 is 2.36 bits per heavy atom. The lowest BCUT2D eigenvalue weighted by molar-refractivity contribution is 0.0939. The lowest BCUT2D eigenvalue weighted by Gasteiger charge is -2.18. The predicted molar refractivity (Wildman–Crippen MR) is 97.6 cm³/mol. The standard InChI is InChI=1S/C20H25NO4/c1-13(2)25-18-10-9-15(12-19(18)24-5)14(3)21-20(22)16-7-6-8-17(11-16)23-4/h6-14H,1-5H3,(H,21,22). The number of ether oxygens (including phenoxy) is 3. The molecule has 0 aliphatic carbocycles. The van der Waals surface area contributed by atoms with E-state index in [1.54, 1.807) is 38.5 Å². The maximum absolute atomic E-state index is 12.4. The molecule has 0 aliphatic heterocycles. The second-order valence-corrected chi connectivity index (χ2v) is 6.00. The van der Waals surface area contributed by atoms with Gasteiger partial charge in [-0.1, -0.05) is 12.1 Å². The van der Waals surface area contributed by atoms with E-state index in [0.29, 0.717) is 22.8 Å². The maximum atomic E-state index is 12.4. The molecule has 1 amide bonds. The van der Waals surface area contributed by atoms with E-state index in [9.17, 15) is 4.79 Å². The summed E-state index contributed by atoms with van der Waals surface area (Å²) in [6, 6.07) is 12.6. The third-order valence-electron chi connectivity index (χ3n) is 3.73. The van der Waals surface area contributed by atoms with E-state index in [1.807, 2.05) is 39.0 Å². The van der Waals surface area contributed by atoms with E-state index in [4.69, 9.17) is 14.2 Å². The molecule has 0 saturated heterocycles. The van der Waals surface area contributed by atoms with Crippen LogP contribution in [0.2, 0.25) is 0 Å². The number of amides is 1. The van der Waals surface area contributed by atoms with Crippen LogP contribution in [0, 0.1) is 0 Å². The van der Waals surface area contributed by atoms with Gasteiger partial charge in [0.25, 0.3) is 5.91 Å². The van der Waals surface area contributed by atoms with Crippen molar-refractivity contribution in [2.24, 2.45) is 0 Å². The van der Waals surface area contributed by atoms with E-state index in [0.717, 1.165) is 5.56 Å². The number of carbonyl (C=O) groups is 1. The van der Waals surface area contributed by atoms with Crippen molar-refractivity contribution in [1.29, 1.82) is 0 Å². The van der Waals surface area contributed by atoms with Gasteiger partial charge in [0, 0.05) is 5.56 Å². The van der Waals surface area contributed by atoms with Crippen molar-refractivity contribution < 1.29 is 19.0 Å². The zero-order valence-corrected chi connectivity index (χ0v) is 15.3. The van der Waals surface area contributed by atoms with Crippen LogP contribution in [0.5, 0.6) is 17.2 Å². The fraction of sp³-hybridized carbons (Fsp3) is 0.350. The van der Waals surface area contributed by atoms with Crippen LogP contribution in [0.25, 0.3) is 0 Å². The zero-order chi connectivity index (χ0) is 18.4. The van der Waals surface area contributed by atoms with Crippen LogP contribution < -0.4 is 19.5 Å². The number of hydrogen-bond acceptors (Lipinski definition) is 4. The highest BCUT2D eigenvalue weighted by atomic mass is 16.5. The minimum atomic E-state index is -0.180. The van der Waals surface area contributed by atoms with Crippen LogP contribution in [-0.4, -0.2) is 26.2 Å². The highest BCUT2D eigenvalue weighted by molar-refractivity contribution is 5.94. The number of nitrogens with one attached hydrogen (secondary N) is 1. The molecule has 0 spiro atoms. The molecule has 2 rings (SSSR count). The summed E-state index contributed by atoms with van der Waals surface area (Å²) in [5.41, 5.74) is 1.49. The van der Waals surface area contributed by atoms with E-state index < -0.39 is 0 Å². The van der Waals surface area contributed by atoms with Crippen LogP contribution in [-0.2, 0) is 0 Å². The Bertz CT molecular complexity index is 727. The van der Waals surface area contributed by atoms with Crippen LogP contribution in [0.15, 0.2) is 42.5 Å². The summed E-state index contributed by atoms with van der Waals surface area (Å²) >= 11 is 0. The second-order valence-electron chi connectivity index (χ2n) is 6.00. The summed E-state index contributed by atoms with van der Waals surface area (Å²) in [6.07, 6.45) is 0.0601. The first kappa shape index (κ1) is 18.6. The topological polar surface area (TPSA) is 56.8 Å². The third kappa shape index (κ3) is 4.89. The van der Waals surface area contributed by atoms with Gasteiger partial charge in [-0.25, -0.2) is 0 Å². The van der Waals surface area contributed by atoms with Crippen molar-refractivity contribution in [1.82, 2.24) is 5.32 Å². The molecule has 0 bridgehead atoms. The number of rotatable bonds is 7. The minimum Gasteiger partial charge on any atom is -0.497 e. The number of benzene rings is 2. The van der Waals surface area contributed by atoms with Gasteiger partial charge in [0.05, 0.1) is 26.4 Å². The fourth-order valence-electron chi connectivity index (χ4n) is 2.43. The maximum Gasteiger partial charge on any atom is 0.251 e. The molecular formula is C20H25NO4. The van der Waals surface area contributed by atoms with Crippen molar-refractivity contribution in [2.45, 2.75) is 32.9 Å². The van der Waals surface area contributed by atoms with Crippen molar-refractivity contribution >= 4 is 5.91 Å². The van der Waals surface area contributed by atoms with Gasteiger partial charge in [0.1, 0.15) is 5.75 Å². The molecule has 0 saturated carbocycles. The largest absolute Gasteiger partial charge is 0.497 e. The molecule has 0 aromatic heterocycles. The van der Waals surface area contributed by atoms with Crippen LogP contribution in [0.3, 0.4) is 0 Å². The molecule has 1 N–H and O–H groups in total. The van der Waals surface area contributed by atoms with Crippen molar-refractivity contribution in [3.63, 3.8) is 0 Å². The van der Waals surface area contributed by atoms with Gasteiger partial charge >= 0.3 is 0 Å². The summed E-state index contributed by atoms with van der Waals surface area (Å²) in [6.45, 7) is 5.85. The lowest BCUT2D eigenvalue weighted by atomic mass is 10.1. The van der Waals surface area contributed by atoms with Crippen LogP contribution in [0.1, 0.15) is 42.7 Å².